The van der Waals surface area contributed by atoms with Crippen molar-refractivity contribution in [3.05, 3.63) is 47.4 Å². The Morgan fingerprint density at radius 3 is 2.84 bits per heavy atom. The van der Waals surface area contributed by atoms with Crippen LogP contribution in [0.5, 0.6) is 0 Å². The predicted molar refractivity (Wildman–Crippen MR) is 68.2 cm³/mol. The van der Waals surface area contributed by atoms with Crippen molar-refractivity contribution >= 4 is 17.5 Å². The molecule has 6 nitrogen and oxygen atoms in total. The Bertz CT molecular complexity index is 677. The van der Waals surface area contributed by atoms with E-state index in [0.29, 0.717) is 22.9 Å². The molecule has 0 aliphatic carbocycles. The summed E-state index contributed by atoms with van der Waals surface area (Å²) in [6.45, 7) is 1.61. The summed E-state index contributed by atoms with van der Waals surface area (Å²) >= 11 is 0. The summed E-state index contributed by atoms with van der Waals surface area (Å²) in [6, 6.07) is 10.2. The van der Waals surface area contributed by atoms with Gasteiger partial charge in [-0.1, -0.05) is 6.07 Å². The fraction of sp³-hybridized carbons (Fsp3) is 0.0769. The van der Waals surface area contributed by atoms with Crippen LogP contribution in [0.4, 0.5) is 11.5 Å². The maximum Gasteiger partial charge on any atom is 0.354 e. The van der Waals surface area contributed by atoms with Crippen LogP contribution in [0.3, 0.4) is 0 Å². The monoisotopic (exact) mass is 254 g/mol. The molecule has 2 N–H and O–H groups in total. The van der Waals surface area contributed by atoms with Gasteiger partial charge in [0.1, 0.15) is 11.6 Å². The van der Waals surface area contributed by atoms with Gasteiger partial charge >= 0.3 is 5.97 Å². The van der Waals surface area contributed by atoms with Crippen molar-refractivity contribution in [3.8, 4) is 6.07 Å². The van der Waals surface area contributed by atoms with Crippen molar-refractivity contribution in [1.82, 2.24) is 9.97 Å². The van der Waals surface area contributed by atoms with E-state index >= 15 is 0 Å². The zero-order chi connectivity index (χ0) is 13.8. The number of anilines is 2. The lowest BCUT2D eigenvalue weighted by Gasteiger charge is -2.07. The van der Waals surface area contributed by atoms with E-state index in [0.717, 1.165) is 0 Å². The minimum Gasteiger partial charge on any atom is -0.477 e. The van der Waals surface area contributed by atoms with Crippen LogP contribution in [-0.2, 0) is 0 Å². The van der Waals surface area contributed by atoms with E-state index < -0.39 is 5.97 Å². The number of rotatable bonds is 3. The summed E-state index contributed by atoms with van der Waals surface area (Å²) < 4.78 is 0. The first-order valence-electron chi connectivity index (χ1n) is 5.44. The minimum absolute atomic E-state index is 0.0774. The third-order valence-corrected chi connectivity index (χ3v) is 2.32. The minimum atomic E-state index is -1.11. The van der Waals surface area contributed by atoms with Crippen LogP contribution >= 0.6 is 0 Å². The molecule has 0 fully saturated rings. The molecule has 0 saturated carbocycles. The van der Waals surface area contributed by atoms with Gasteiger partial charge in [0.2, 0.25) is 0 Å². The van der Waals surface area contributed by atoms with Gasteiger partial charge in [-0.15, -0.1) is 0 Å². The van der Waals surface area contributed by atoms with Crippen LogP contribution < -0.4 is 5.32 Å². The molecule has 2 aromatic rings. The average molecular weight is 254 g/mol. The summed E-state index contributed by atoms with van der Waals surface area (Å²) in [4.78, 5) is 18.8. The van der Waals surface area contributed by atoms with E-state index in [1.54, 1.807) is 31.2 Å². The van der Waals surface area contributed by atoms with Crippen LogP contribution in [0.15, 0.2) is 30.3 Å². The molecule has 0 amide bonds. The maximum absolute atomic E-state index is 10.9. The first kappa shape index (κ1) is 12.5. The molecule has 19 heavy (non-hydrogen) atoms. The van der Waals surface area contributed by atoms with Crippen LogP contribution in [-0.4, -0.2) is 21.0 Å². The molecule has 0 unspecified atom stereocenters. The maximum atomic E-state index is 10.9. The highest BCUT2D eigenvalue weighted by Gasteiger charge is 2.08. The Morgan fingerprint density at radius 2 is 2.16 bits per heavy atom. The van der Waals surface area contributed by atoms with Crippen LogP contribution in [0.2, 0.25) is 0 Å². The van der Waals surface area contributed by atoms with Gasteiger partial charge in [-0.05, 0) is 25.1 Å². The molecular formula is C13H10N4O2. The predicted octanol–water partition coefficient (Wildman–Crippen LogP) is 2.10. The lowest BCUT2D eigenvalue weighted by molar-refractivity contribution is 0.0690. The highest BCUT2D eigenvalue weighted by Crippen LogP contribution is 2.16. The van der Waals surface area contributed by atoms with Crippen molar-refractivity contribution in [3.63, 3.8) is 0 Å². The fourth-order valence-corrected chi connectivity index (χ4v) is 1.56. The molecule has 0 atom stereocenters. The van der Waals surface area contributed by atoms with Gasteiger partial charge in [0.25, 0.3) is 0 Å². The lowest BCUT2D eigenvalue weighted by atomic mass is 10.2. The van der Waals surface area contributed by atoms with Crippen molar-refractivity contribution in [2.24, 2.45) is 0 Å². The molecule has 1 aromatic carbocycles. The number of carboxylic acids is 1. The third kappa shape index (κ3) is 3.04. The van der Waals surface area contributed by atoms with Crippen molar-refractivity contribution < 1.29 is 9.90 Å². The molecule has 0 radical (unpaired) electrons. The van der Waals surface area contributed by atoms with E-state index in [2.05, 4.69) is 15.3 Å². The molecule has 0 spiro atoms. The summed E-state index contributed by atoms with van der Waals surface area (Å²) in [5.74, 6) is -0.377. The number of hydrogen-bond acceptors (Lipinski definition) is 5. The molecule has 0 bridgehead atoms. The zero-order valence-corrected chi connectivity index (χ0v) is 10.1. The van der Waals surface area contributed by atoms with Gasteiger partial charge in [-0.2, -0.15) is 5.26 Å². The van der Waals surface area contributed by atoms with Crippen molar-refractivity contribution in [2.45, 2.75) is 6.92 Å². The molecule has 1 aromatic heterocycles. The third-order valence-electron chi connectivity index (χ3n) is 2.32. The second kappa shape index (κ2) is 5.14. The first-order chi connectivity index (χ1) is 9.08. The number of aryl methyl sites for hydroxylation is 1. The molecule has 2 rings (SSSR count). The Kier molecular flexibility index (Phi) is 3.39. The number of benzene rings is 1. The van der Waals surface area contributed by atoms with E-state index in [1.165, 1.54) is 6.07 Å². The standard InChI is InChI=1S/C13H10N4O2/c1-8-15-11(13(18)19)6-12(16-8)17-10-4-2-3-9(5-10)7-14/h2-6H,1H3,(H,18,19)(H,15,16,17). The Balaban J connectivity index is 2.33. The van der Waals surface area contributed by atoms with E-state index in [4.69, 9.17) is 10.4 Å². The van der Waals surface area contributed by atoms with Gasteiger partial charge in [0.15, 0.2) is 5.69 Å². The van der Waals surface area contributed by atoms with Crippen LogP contribution in [0.1, 0.15) is 21.9 Å². The number of nitrogens with zero attached hydrogens (tertiary/aromatic N) is 3. The summed E-state index contributed by atoms with van der Waals surface area (Å²) in [6.07, 6.45) is 0. The lowest BCUT2D eigenvalue weighted by Crippen LogP contribution is -2.05. The van der Waals surface area contributed by atoms with E-state index in [1.807, 2.05) is 6.07 Å². The Morgan fingerprint density at radius 1 is 1.37 bits per heavy atom. The van der Waals surface area contributed by atoms with Gasteiger partial charge in [-0.25, -0.2) is 14.8 Å². The largest absolute Gasteiger partial charge is 0.477 e. The number of carboxylic acid groups (broad SMARTS) is 1. The second-order valence-electron chi connectivity index (χ2n) is 3.81. The van der Waals surface area contributed by atoms with Gasteiger partial charge < -0.3 is 10.4 Å². The molecule has 0 aliphatic rings. The number of aromatic nitrogens is 2. The number of carbonyl (C=O) groups is 1. The second-order valence-corrected chi connectivity index (χ2v) is 3.81. The van der Waals surface area contributed by atoms with Gasteiger partial charge in [0.05, 0.1) is 11.6 Å². The van der Waals surface area contributed by atoms with E-state index in [-0.39, 0.29) is 5.69 Å². The van der Waals surface area contributed by atoms with Crippen molar-refractivity contribution in [1.29, 1.82) is 5.26 Å². The van der Waals surface area contributed by atoms with E-state index in [9.17, 15) is 4.79 Å². The molecule has 0 saturated heterocycles. The number of nitriles is 1. The highest BCUT2D eigenvalue weighted by molar-refractivity contribution is 5.86. The zero-order valence-electron chi connectivity index (χ0n) is 10.1. The number of aromatic carboxylic acids is 1. The fourth-order valence-electron chi connectivity index (χ4n) is 1.56. The number of hydrogen-bond donors (Lipinski definition) is 2. The molecular weight excluding hydrogens is 244 g/mol. The Labute approximate surface area is 109 Å². The van der Waals surface area contributed by atoms with Gasteiger partial charge in [0, 0.05) is 11.8 Å². The number of nitrogens with one attached hydrogen (secondary N) is 1. The first-order valence-corrected chi connectivity index (χ1v) is 5.44. The highest BCUT2D eigenvalue weighted by atomic mass is 16.4. The SMILES string of the molecule is Cc1nc(Nc2cccc(C#N)c2)cc(C(=O)O)n1. The quantitative estimate of drug-likeness (QED) is 0.870. The topological polar surface area (TPSA) is 98.9 Å². The van der Waals surface area contributed by atoms with Gasteiger partial charge in [-0.3, -0.25) is 0 Å². The summed E-state index contributed by atoms with van der Waals surface area (Å²) in [7, 11) is 0. The molecule has 0 aliphatic heterocycles. The average Bonchev–Trinajstić information content (AvgIpc) is 2.38. The Hall–Kier alpha value is -2.94. The van der Waals surface area contributed by atoms with Crippen LogP contribution in [0, 0.1) is 18.3 Å². The summed E-state index contributed by atoms with van der Waals surface area (Å²) in [5.41, 5.74) is 1.09. The summed E-state index contributed by atoms with van der Waals surface area (Å²) in [5, 5.41) is 20.7. The molecule has 6 heteroatoms. The van der Waals surface area contributed by atoms with Crippen molar-refractivity contribution in [2.75, 3.05) is 5.32 Å². The molecule has 1 heterocycles. The normalized spacial score (nSPS) is 9.68. The van der Waals surface area contributed by atoms with Crippen LogP contribution in [0.25, 0.3) is 0 Å². The smallest absolute Gasteiger partial charge is 0.354 e. The molecule has 94 valence electrons.